The number of aliphatic carboxylic acids is 1. The number of carbonyl (C=O) groups is 2. The van der Waals surface area contributed by atoms with E-state index in [1.165, 1.54) is 0 Å². The van der Waals surface area contributed by atoms with Gasteiger partial charge in [0.15, 0.2) is 0 Å². The molecular weight excluding hydrogens is 304 g/mol. The lowest BCUT2D eigenvalue weighted by Gasteiger charge is -2.14. The molecule has 140 valence electrons. The van der Waals surface area contributed by atoms with Crippen LogP contribution in [0.15, 0.2) is 12.2 Å². The van der Waals surface area contributed by atoms with Crippen molar-refractivity contribution in [3.8, 4) is 0 Å². The molecule has 0 aromatic heterocycles. The van der Waals surface area contributed by atoms with Crippen molar-refractivity contribution in [3.05, 3.63) is 12.2 Å². The van der Waals surface area contributed by atoms with Crippen molar-refractivity contribution < 1.29 is 19.4 Å². The first kappa shape index (κ1) is 22.7. The van der Waals surface area contributed by atoms with Gasteiger partial charge < -0.3 is 9.84 Å². The number of hydrogen-bond acceptors (Lipinski definition) is 3. The van der Waals surface area contributed by atoms with Crippen molar-refractivity contribution in [2.75, 3.05) is 0 Å². The quantitative estimate of drug-likeness (QED) is 0.224. The molecule has 0 saturated carbocycles. The van der Waals surface area contributed by atoms with E-state index in [2.05, 4.69) is 19.9 Å². The fourth-order valence-electron chi connectivity index (χ4n) is 2.49. The van der Waals surface area contributed by atoms with Gasteiger partial charge in [-0.05, 0) is 38.2 Å². The molecule has 0 amide bonds. The van der Waals surface area contributed by atoms with Gasteiger partial charge in [0.1, 0.15) is 6.10 Å². The summed E-state index contributed by atoms with van der Waals surface area (Å²) in [5.74, 6) is -0.827. The van der Waals surface area contributed by atoms with E-state index < -0.39 is 5.97 Å². The maximum atomic E-state index is 11.9. The number of carbonyl (C=O) groups excluding carboxylic acids is 1. The van der Waals surface area contributed by atoms with Crippen LogP contribution < -0.4 is 0 Å². The third-order valence-electron chi connectivity index (χ3n) is 3.97. The number of hydrogen-bond donors (Lipinski definition) is 1. The Labute approximate surface area is 147 Å². The Morgan fingerprint density at radius 3 is 2.25 bits per heavy atom. The minimum absolute atomic E-state index is 0.0977. The second-order valence-corrected chi connectivity index (χ2v) is 6.40. The molecule has 0 aromatic rings. The van der Waals surface area contributed by atoms with Crippen molar-refractivity contribution in [1.82, 2.24) is 0 Å². The Kier molecular flexibility index (Phi) is 15.6. The van der Waals surface area contributed by atoms with Crippen LogP contribution in [0.25, 0.3) is 0 Å². The summed E-state index contributed by atoms with van der Waals surface area (Å²) in [6.07, 6.45) is 15.6. The predicted molar refractivity (Wildman–Crippen MR) is 98.0 cm³/mol. The van der Waals surface area contributed by atoms with E-state index in [0.29, 0.717) is 6.42 Å². The normalized spacial score (nSPS) is 12.4. The summed E-state index contributed by atoms with van der Waals surface area (Å²) in [6, 6.07) is 0. The van der Waals surface area contributed by atoms with Crippen LogP contribution in [0.1, 0.15) is 97.3 Å². The summed E-state index contributed by atoms with van der Waals surface area (Å²) in [6.45, 7) is 4.28. The SMILES string of the molecule is CCCC/C=C\C(CCCCCCC(=O)O)OC(=O)CCCCC. The topological polar surface area (TPSA) is 63.6 Å². The molecule has 0 heterocycles. The number of esters is 1. The largest absolute Gasteiger partial charge is 0.481 e. The van der Waals surface area contributed by atoms with Crippen LogP contribution in [-0.2, 0) is 14.3 Å². The van der Waals surface area contributed by atoms with Crippen molar-refractivity contribution in [1.29, 1.82) is 0 Å². The number of carboxylic acid groups (broad SMARTS) is 1. The zero-order valence-corrected chi connectivity index (χ0v) is 15.6. The van der Waals surface area contributed by atoms with Crippen LogP contribution in [0.4, 0.5) is 0 Å². The van der Waals surface area contributed by atoms with E-state index in [1.54, 1.807) is 0 Å². The number of allylic oxidation sites excluding steroid dienone is 1. The van der Waals surface area contributed by atoms with Crippen molar-refractivity contribution in [2.24, 2.45) is 0 Å². The van der Waals surface area contributed by atoms with Gasteiger partial charge in [0.05, 0.1) is 0 Å². The van der Waals surface area contributed by atoms with E-state index in [9.17, 15) is 9.59 Å². The molecule has 1 N–H and O–H groups in total. The average molecular weight is 341 g/mol. The van der Waals surface area contributed by atoms with E-state index in [0.717, 1.165) is 70.6 Å². The molecule has 0 radical (unpaired) electrons. The van der Waals surface area contributed by atoms with Crippen LogP contribution in [0.2, 0.25) is 0 Å². The van der Waals surface area contributed by atoms with E-state index in [-0.39, 0.29) is 18.5 Å². The molecule has 0 spiro atoms. The summed E-state index contributed by atoms with van der Waals surface area (Å²) in [4.78, 5) is 22.4. The summed E-state index contributed by atoms with van der Waals surface area (Å²) >= 11 is 0. The van der Waals surface area contributed by atoms with Crippen molar-refractivity contribution in [3.63, 3.8) is 0 Å². The number of rotatable bonds is 16. The van der Waals surface area contributed by atoms with Gasteiger partial charge in [0.25, 0.3) is 0 Å². The minimum Gasteiger partial charge on any atom is -0.481 e. The summed E-state index contributed by atoms with van der Waals surface area (Å²) < 4.78 is 5.60. The molecule has 0 saturated heterocycles. The first-order valence-electron chi connectivity index (χ1n) is 9.68. The molecule has 4 nitrogen and oxygen atoms in total. The van der Waals surface area contributed by atoms with Gasteiger partial charge in [-0.25, -0.2) is 0 Å². The highest BCUT2D eigenvalue weighted by Gasteiger charge is 2.11. The number of unbranched alkanes of at least 4 members (excludes halogenated alkanes) is 7. The minimum atomic E-state index is -0.729. The third kappa shape index (κ3) is 15.6. The zero-order chi connectivity index (χ0) is 18.0. The highest BCUT2D eigenvalue weighted by atomic mass is 16.5. The molecule has 0 rings (SSSR count). The molecule has 0 aliphatic heterocycles. The molecule has 0 bridgehead atoms. The van der Waals surface area contributed by atoms with Gasteiger partial charge in [-0.1, -0.05) is 58.4 Å². The highest BCUT2D eigenvalue weighted by molar-refractivity contribution is 5.69. The van der Waals surface area contributed by atoms with Gasteiger partial charge in [-0.2, -0.15) is 0 Å². The maximum Gasteiger partial charge on any atom is 0.306 e. The predicted octanol–water partition coefficient (Wildman–Crippen LogP) is 5.65. The van der Waals surface area contributed by atoms with E-state index >= 15 is 0 Å². The second-order valence-electron chi connectivity index (χ2n) is 6.40. The number of ether oxygens (including phenoxy) is 1. The standard InChI is InChI=1S/C20H36O4/c1-3-5-7-11-14-18(24-20(23)17-10-6-4-2)15-12-8-9-13-16-19(21)22/h11,14,18H,3-10,12-13,15-17H2,1-2H3,(H,21,22)/b14-11-. The Balaban J connectivity index is 4.10. The van der Waals surface area contributed by atoms with Crippen molar-refractivity contribution in [2.45, 2.75) is 103 Å². The summed E-state index contributed by atoms with van der Waals surface area (Å²) in [5, 5.41) is 8.62. The lowest BCUT2D eigenvalue weighted by molar-refractivity contribution is -0.147. The van der Waals surface area contributed by atoms with Crippen LogP contribution >= 0.6 is 0 Å². The fourth-order valence-corrected chi connectivity index (χ4v) is 2.49. The van der Waals surface area contributed by atoms with Gasteiger partial charge in [-0.15, -0.1) is 0 Å². The molecule has 24 heavy (non-hydrogen) atoms. The molecule has 0 fully saturated rings. The lowest BCUT2D eigenvalue weighted by atomic mass is 10.1. The summed E-state index contributed by atoms with van der Waals surface area (Å²) in [7, 11) is 0. The van der Waals surface area contributed by atoms with Crippen molar-refractivity contribution >= 4 is 11.9 Å². The Morgan fingerprint density at radius 1 is 0.917 bits per heavy atom. The molecular formula is C20H36O4. The first-order valence-corrected chi connectivity index (χ1v) is 9.68. The monoisotopic (exact) mass is 340 g/mol. The van der Waals surface area contributed by atoms with Crippen LogP contribution in [0, 0.1) is 0 Å². The van der Waals surface area contributed by atoms with Gasteiger partial charge in [-0.3, -0.25) is 9.59 Å². The van der Waals surface area contributed by atoms with Crippen LogP contribution in [-0.4, -0.2) is 23.1 Å². The van der Waals surface area contributed by atoms with Crippen LogP contribution in [0.5, 0.6) is 0 Å². The van der Waals surface area contributed by atoms with E-state index in [1.807, 2.05) is 6.08 Å². The lowest BCUT2D eigenvalue weighted by Crippen LogP contribution is -2.16. The molecule has 0 aliphatic carbocycles. The fraction of sp³-hybridized carbons (Fsp3) is 0.800. The van der Waals surface area contributed by atoms with Gasteiger partial charge >= 0.3 is 11.9 Å². The van der Waals surface area contributed by atoms with Gasteiger partial charge in [0.2, 0.25) is 0 Å². The summed E-state index contributed by atoms with van der Waals surface area (Å²) in [5.41, 5.74) is 0. The molecule has 1 atom stereocenters. The Hall–Kier alpha value is -1.32. The maximum absolute atomic E-state index is 11.9. The Bertz CT molecular complexity index is 350. The highest BCUT2D eigenvalue weighted by Crippen LogP contribution is 2.13. The molecule has 0 aliphatic rings. The number of carboxylic acids is 1. The smallest absolute Gasteiger partial charge is 0.306 e. The molecule has 1 unspecified atom stereocenters. The average Bonchev–Trinajstić information content (AvgIpc) is 2.54. The van der Waals surface area contributed by atoms with E-state index in [4.69, 9.17) is 9.84 Å². The van der Waals surface area contributed by atoms with Crippen LogP contribution in [0.3, 0.4) is 0 Å². The first-order chi connectivity index (χ1) is 11.6. The molecule has 4 heteroatoms. The second kappa shape index (κ2) is 16.5. The zero-order valence-electron chi connectivity index (χ0n) is 15.6. The Morgan fingerprint density at radius 2 is 1.58 bits per heavy atom. The van der Waals surface area contributed by atoms with Gasteiger partial charge in [0, 0.05) is 12.8 Å². The third-order valence-corrected chi connectivity index (χ3v) is 3.97. The molecule has 0 aromatic carbocycles.